The average molecular weight is 542 g/mol. The summed E-state index contributed by atoms with van der Waals surface area (Å²) in [6.45, 7) is 2.72. The third-order valence-corrected chi connectivity index (χ3v) is 6.85. The van der Waals surface area contributed by atoms with E-state index in [1.807, 2.05) is 67.6 Å². The Hall–Kier alpha value is -2.87. The number of hydrogen-bond donors (Lipinski definition) is 0. The predicted molar refractivity (Wildman–Crippen MR) is 137 cm³/mol. The third kappa shape index (κ3) is 4.36. The molecule has 5 nitrogen and oxygen atoms in total. The van der Waals surface area contributed by atoms with Gasteiger partial charge in [-0.1, -0.05) is 63.1 Å². The summed E-state index contributed by atoms with van der Waals surface area (Å²) in [5.41, 5.74) is 3.27. The maximum Gasteiger partial charge on any atom is 0.274 e. The second-order valence-corrected chi connectivity index (χ2v) is 9.64. The van der Waals surface area contributed by atoms with Gasteiger partial charge in [-0.25, -0.2) is 9.38 Å². The van der Waals surface area contributed by atoms with Crippen LogP contribution in [0.3, 0.4) is 0 Å². The van der Waals surface area contributed by atoms with Crippen LogP contribution in [0.1, 0.15) is 18.1 Å². The number of benzene rings is 3. The van der Waals surface area contributed by atoms with Crippen molar-refractivity contribution in [1.29, 1.82) is 0 Å². The van der Waals surface area contributed by atoms with Crippen LogP contribution in [0.5, 0.6) is 11.5 Å². The molecule has 3 aromatic carbocycles. The lowest BCUT2D eigenvalue weighted by Crippen LogP contribution is -2.22. The van der Waals surface area contributed by atoms with E-state index in [4.69, 9.17) is 21.1 Å². The Bertz CT molecular complexity index is 1580. The smallest absolute Gasteiger partial charge is 0.274 e. The van der Waals surface area contributed by atoms with E-state index in [2.05, 4.69) is 20.9 Å². The molecule has 0 amide bonds. The van der Waals surface area contributed by atoms with Gasteiger partial charge in [-0.3, -0.25) is 4.79 Å². The number of hydrogen-bond acceptors (Lipinski definition) is 5. The first-order valence-corrected chi connectivity index (χ1v) is 12.3. The highest BCUT2D eigenvalue weighted by molar-refractivity contribution is 9.10. The minimum Gasteiger partial charge on any atom is -0.490 e. The number of nitrogens with zero attached hydrogens (tertiary/aromatic N) is 2. The molecule has 0 N–H and O–H groups in total. The van der Waals surface area contributed by atoms with E-state index in [0.717, 1.165) is 26.6 Å². The van der Waals surface area contributed by atoms with Crippen LogP contribution in [0, 0.1) is 0 Å². The number of fused-ring (bicyclic) bond motifs is 3. The monoisotopic (exact) mass is 540 g/mol. The lowest BCUT2D eigenvalue weighted by atomic mass is 10.2. The van der Waals surface area contributed by atoms with E-state index in [1.54, 1.807) is 10.5 Å². The number of aromatic nitrogens is 2. The van der Waals surface area contributed by atoms with Gasteiger partial charge in [-0.2, -0.15) is 0 Å². The molecule has 166 valence electrons. The SMILES string of the molecule is CCOc1cc(C=c2sc3nc4ccccc4n3c2=O)cc(Cl)c1OCc1ccc(Br)cc1. The highest BCUT2D eigenvalue weighted by Gasteiger charge is 2.14. The van der Waals surface area contributed by atoms with Gasteiger partial charge in [-0.15, -0.1) is 0 Å². The Labute approximate surface area is 207 Å². The van der Waals surface area contributed by atoms with Gasteiger partial charge < -0.3 is 9.47 Å². The largest absolute Gasteiger partial charge is 0.490 e. The lowest BCUT2D eigenvalue weighted by Gasteiger charge is -2.14. The fourth-order valence-corrected chi connectivity index (χ4v) is 5.10. The minimum atomic E-state index is -0.103. The number of halogens is 2. The van der Waals surface area contributed by atoms with Crippen molar-refractivity contribution in [1.82, 2.24) is 9.38 Å². The van der Waals surface area contributed by atoms with Crippen LogP contribution in [0.2, 0.25) is 5.02 Å². The normalized spacial score (nSPS) is 12.0. The average Bonchev–Trinajstić information content (AvgIpc) is 3.31. The number of imidazole rings is 1. The van der Waals surface area contributed by atoms with Crippen LogP contribution in [-0.2, 0) is 6.61 Å². The van der Waals surface area contributed by atoms with Gasteiger partial charge in [-0.05, 0) is 60.5 Å². The number of para-hydroxylation sites is 2. The zero-order valence-electron chi connectivity index (χ0n) is 17.5. The van der Waals surface area contributed by atoms with Crippen LogP contribution in [0.15, 0.2) is 69.9 Å². The molecule has 2 heterocycles. The topological polar surface area (TPSA) is 52.8 Å². The molecule has 2 aromatic heterocycles. The van der Waals surface area contributed by atoms with Crippen molar-refractivity contribution in [3.05, 3.63) is 96.2 Å². The first-order chi connectivity index (χ1) is 16.0. The molecule has 0 aliphatic rings. The molecule has 5 rings (SSSR count). The van der Waals surface area contributed by atoms with Gasteiger partial charge in [0.2, 0.25) is 0 Å². The van der Waals surface area contributed by atoms with E-state index in [-0.39, 0.29) is 5.56 Å². The van der Waals surface area contributed by atoms with Crippen LogP contribution < -0.4 is 19.6 Å². The summed E-state index contributed by atoms with van der Waals surface area (Å²) in [5, 5.41) is 0.420. The molecular weight excluding hydrogens is 524 g/mol. The van der Waals surface area contributed by atoms with Crippen molar-refractivity contribution in [2.75, 3.05) is 6.61 Å². The standard InChI is InChI=1S/C25H18BrClN2O3S/c1-2-31-21-12-16(11-18(27)23(21)32-14-15-7-9-17(26)10-8-15)13-22-24(30)29-20-6-4-3-5-19(20)28-25(29)33-22/h3-13H,2,14H2,1H3. The van der Waals surface area contributed by atoms with Crippen LogP contribution in [0.25, 0.3) is 22.1 Å². The Kier molecular flexibility index (Phi) is 6.10. The summed E-state index contributed by atoms with van der Waals surface area (Å²) in [6, 6.07) is 19.1. The van der Waals surface area contributed by atoms with Crippen LogP contribution in [0.4, 0.5) is 0 Å². The molecule has 0 fully saturated rings. The first kappa shape index (κ1) is 21.9. The molecule has 0 atom stereocenters. The van der Waals surface area contributed by atoms with E-state index >= 15 is 0 Å². The van der Waals surface area contributed by atoms with Gasteiger partial charge in [0.05, 0.1) is 27.2 Å². The first-order valence-electron chi connectivity index (χ1n) is 10.3. The van der Waals surface area contributed by atoms with E-state index in [1.165, 1.54) is 11.3 Å². The molecule has 5 aromatic rings. The molecule has 0 radical (unpaired) electrons. The van der Waals surface area contributed by atoms with E-state index in [9.17, 15) is 4.79 Å². The van der Waals surface area contributed by atoms with Crippen molar-refractivity contribution in [3.63, 3.8) is 0 Å². The lowest BCUT2D eigenvalue weighted by molar-refractivity contribution is 0.269. The van der Waals surface area contributed by atoms with Gasteiger partial charge in [0.15, 0.2) is 16.5 Å². The molecule has 0 bridgehead atoms. The van der Waals surface area contributed by atoms with Crippen molar-refractivity contribution < 1.29 is 9.47 Å². The van der Waals surface area contributed by atoms with E-state index < -0.39 is 0 Å². The number of ether oxygens (including phenoxy) is 2. The van der Waals surface area contributed by atoms with Crippen molar-refractivity contribution >= 4 is 60.9 Å². The molecule has 0 aliphatic heterocycles. The van der Waals surface area contributed by atoms with Gasteiger partial charge in [0.25, 0.3) is 5.56 Å². The molecule has 0 aliphatic carbocycles. The van der Waals surface area contributed by atoms with Gasteiger partial charge in [0.1, 0.15) is 6.61 Å². The maximum atomic E-state index is 13.1. The molecule has 33 heavy (non-hydrogen) atoms. The molecule has 8 heteroatoms. The second kappa shape index (κ2) is 9.17. The highest BCUT2D eigenvalue weighted by atomic mass is 79.9. The Morgan fingerprint density at radius 3 is 2.70 bits per heavy atom. The summed E-state index contributed by atoms with van der Waals surface area (Å²) in [6.07, 6.45) is 1.81. The maximum absolute atomic E-state index is 13.1. The number of thiazole rings is 1. The Morgan fingerprint density at radius 1 is 1.12 bits per heavy atom. The Balaban J connectivity index is 1.52. The zero-order chi connectivity index (χ0) is 22.9. The quantitative estimate of drug-likeness (QED) is 0.271. The zero-order valence-corrected chi connectivity index (χ0v) is 20.7. The molecule has 0 unspecified atom stereocenters. The molecule has 0 saturated heterocycles. The summed E-state index contributed by atoms with van der Waals surface area (Å²) in [5.74, 6) is 1.01. The second-order valence-electron chi connectivity index (χ2n) is 7.31. The highest BCUT2D eigenvalue weighted by Crippen LogP contribution is 2.37. The fourth-order valence-electron chi connectivity index (χ4n) is 3.57. The summed E-state index contributed by atoms with van der Waals surface area (Å²) >= 11 is 11.4. The van der Waals surface area contributed by atoms with E-state index in [0.29, 0.717) is 39.2 Å². The number of rotatable bonds is 6. The van der Waals surface area contributed by atoms with Crippen LogP contribution in [-0.4, -0.2) is 16.0 Å². The fraction of sp³-hybridized carbons (Fsp3) is 0.120. The van der Waals surface area contributed by atoms with Gasteiger partial charge >= 0.3 is 0 Å². The summed E-state index contributed by atoms with van der Waals surface area (Å²) in [7, 11) is 0. The van der Waals surface area contributed by atoms with Crippen LogP contribution >= 0.6 is 38.9 Å². The van der Waals surface area contributed by atoms with Crippen molar-refractivity contribution in [3.8, 4) is 11.5 Å². The summed E-state index contributed by atoms with van der Waals surface area (Å²) < 4.78 is 15.0. The molecule has 0 saturated carbocycles. The molecular formula is C25H18BrClN2O3S. The van der Waals surface area contributed by atoms with Crippen molar-refractivity contribution in [2.45, 2.75) is 13.5 Å². The minimum absolute atomic E-state index is 0.103. The predicted octanol–water partition coefficient (Wildman–Crippen LogP) is 5.85. The van der Waals surface area contributed by atoms with Gasteiger partial charge in [0, 0.05) is 4.47 Å². The molecule has 0 spiro atoms. The van der Waals surface area contributed by atoms with Crippen molar-refractivity contribution in [2.24, 2.45) is 0 Å². The third-order valence-electron chi connectivity index (χ3n) is 5.07. The Morgan fingerprint density at radius 2 is 1.91 bits per heavy atom. The summed E-state index contributed by atoms with van der Waals surface area (Å²) in [4.78, 5) is 18.3.